The molecule has 1 atom stereocenters. The van der Waals surface area contributed by atoms with E-state index in [0.717, 1.165) is 12.0 Å². The molecule has 2 N–H and O–H groups in total. The highest BCUT2D eigenvalue weighted by molar-refractivity contribution is 7.81. The molecule has 0 aromatic heterocycles. The summed E-state index contributed by atoms with van der Waals surface area (Å²) >= 11 is 0. The smallest absolute Gasteiger partial charge is 0.446 e. The van der Waals surface area contributed by atoms with Gasteiger partial charge in [-0.05, 0) is 38.1 Å². The van der Waals surface area contributed by atoms with Gasteiger partial charge in [-0.1, -0.05) is 6.07 Å². The van der Waals surface area contributed by atoms with Crippen LogP contribution in [0.1, 0.15) is 12.5 Å². The van der Waals surface area contributed by atoms with Crippen LogP contribution in [0.2, 0.25) is 0 Å². The van der Waals surface area contributed by atoms with Gasteiger partial charge in [0.15, 0.2) is 11.5 Å². The third-order valence-corrected chi connectivity index (χ3v) is 2.85. The van der Waals surface area contributed by atoms with E-state index in [9.17, 15) is 8.42 Å². The fourth-order valence-corrected chi connectivity index (χ4v) is 1.84. The lowest BCUT2D eigenvalue weighted by Crippen LogP contribution is -2.23. The molecule has 0 amide bonds. The van der Waals surface area contributed by atoms with E-state index >= 15 is 0 Å². The van der Waals surface area contributed by atoms with E-state index in [0.29, 0.717) is 0 Å². The van der Waals surface area contributed by atoms with Crippen molar-refractivity contribution < 1.29 is 21.9 Å². The van der Waals surface area contributed by atoms with Crippen molar-refractivity contribution in [3.8, 4) is 11.5 Å². The van der Waals surface area contributed by atoms with Crippen molar-refractivity contribution >= 4 is 10.4 Å². The van der Waals surface area contributed by atoms with E-state index < -0.39 is 10.4 Å². The lowest BCUT2D eigenvalue weighted by Gasteiger charge is -2.13. The number of methoxy groups -OCH3 is 1. The molecule has 1 aromatic rings. The molecule has 18 heavy (non-hydrogen) atoms. The molecule has 0 bridgehead atoms. The monoisotopic (exact) mass is 275 g/mol. The predicted octanol–water partition coefficient (Wildman–Crippen LogP) is 1.03. The first-order valence-corrected chi connectivity index (χ1v) is 6.73. The van der Waals surface area contributed by atoms with Gasteiger partial charge in [0.2, 0.25) is 0 Å². The molecule has 0 spiro atoms. The molecule has 1 rings (SSSR count). The number of ether oxygens (including phenoxy) is 1. The second-order valence-electron chi connectivity index (χ2n) is 3.89. The molecular formula is C11H17NO5S. The Bertz CT molecular complexity index is 500. The maximum Gasteiger partial charge on any atom is 0.446 e. The minimum Gasteiger partial charge on any atom is -0.493 e. The molecule has 0 unspecified atom stereocenters. The molecule has 0 aliphatic heterocycles. The van der Waals surface area contributed by atoms with Crippen molar-refractivity contribution in [1.82, 2.24) is 5.32 Å². The highest BCUT2D eigenvalue weighted by Gasteiger charge is 2.13. The summed E-state index contributed by atoms with van der Waals surface area (Å²) in [7, 11) is -1.28. The first-order chi connectivity index (χ1) is 8.35. The average Bonchev–Trinajstić information content (AvgIpc) is 2.29. The van der Waals surface area contributed by atoms with E-state index in [-0.39, 0.29) is 17.5 Å². The number of nitrogens with one attached hydrogen (secondary N) is 1. The molecule has 102 valence electrons. The minimum absolute atomic E-state index is 0.0409. The highest BCUT2D eigenvalue weighted by Crippen LogP contribution is 2.29. The van der Waals surface area contributed by atoms with Crippen LogP contribution in [0.5, 0.6) is 11.5 Å². The Morgan fingerprint density at radius 1 is 1.39 bits per heavy atom. The van der Waals surface area contributed by atoms with Crippen LogP contribution in [-0.4, -0.2) is 33.2 Å². The summed E-state index contributed by atoms with van der Waals surface area (Å²) in [6, 6.07) is 5.12. The van der Waals surface area contributed by atoms with E-state index in [4.69, 9.17) is 9.29 Å². The summed E-state index contributed by atoms with van der Waals surface area (Å²) in [6.45, 7) is 2.02. The number of likely N-dealkylation sites (N-methyl/N-ethyl adjacent to an activating group) is 1. The topological polar surface area (TPSA) is 84.9 Å². The average molecular weight is 275 g/mol. The van der Waals surface area contributed by atoms with Gasteiger partial charge in [0, 0.05) is 6.04 Å². The van der Waals surface area contributed by atoms with Crippen LogP contribution in [0.25, 0.3) is 0 Å². The van der Waals surface area contributed by atoms with Gasteiger partial charge in [-0.25, -0.2) is 0 Å². The molecule has 0 radical (unpaired) electrons. The van der Waals surface area contributed by atoms with Crippen molar-refractivity contribution in [2.75, 3.05) is 14.2 Å². The summed E-state index contributed by atoms with van der Waals surface area (Å²) in [4.78, 5) is 0. The summed E-state index contributed by atoms with van der Waals surface area (Å²) in [6.07, 6.45) is 0.763. The van der Waals surface area contributed by atoms with Gasteiger partial charge < -0.3 is 14.2 Å². The summed E-state index contributed by atoms with van der Waals surface area (Å²) in [5.41, 5.74) is 0.969. The molecule has 0 heterocycles. The quantitative estimate of drug-likeness (QED) is 0.754. The van der Waals surface area contributed by atoms with Gasteiger partial charge in [-0.15, -0.1) is 0 Å². The SMILES string of the molecule is CN[C@@H](C)Cc1ccc(OS(=O)(=O)O)c(OC)c1. The van der Waals surface area contributed by atoms with Crippen molar-refractivity contribution in [3.63, 3.8) is 0 Å². The number of hydrogen-bond acceptors (Lipinski definition) is 5. The van der Waals surface area contributed by atoms with Crippen LogP contribution in [0.4, 0.5) is 0 Å². The Morgan fingerprint density at radius 3 is 2.56 bits per heavy atom. The first kappa shape index (κ1) is 14.7. The highest BCUT2D eigenvalue weighted by atomic mass is 32.3. The Hall–Kier alpha value is -1.31. The predicted molar refractivity (Wildman–Crippen MR) is 67.4 cm³/mol. The zero-order valence-electron chi connectivity index (χ0n) is 10.5. The number of rotatable bonds is 6. The van der Waals surface area contributed by atoms with Crippen LogP contribution in [-0.2, 0) is 16.8 Å². The third kappa shape index (κ3) is 4.52. The molecule has 0 saturated carbocycles. The van der Waals surface area contributed by atoms with Crippen LogP contribution in [0, 0.1) is 0 Å². The van der Waals surface area contributed by atoms with Gasteiger partial charge in [0.05, 0.1) is 7.11 Å². The van der Waals surface area contributed by atoms with Crippen molar-refractivity contribution in [2.24, 2.45) is 0 Å². The summed E-state index contributed by atoms with van der Waals surface area (Å²) in [5, 5.41) is 3.10. The largest absolute Gasteiger partial charge is 0.493 e. The summed E-state index contributed by atoms with van der Waals surface area (Å²) in [5.74, 6) is 0.217. The fraction of sp³-hybridized carbons (Fsp3) is 0.455. The first-order valence-electron chi connectivity index (χ1n) is 5.36. The zero-order valence-corrected chi connectivity index (χ0v) is 11.3. The van der Waals surface area contributed by atoms with Gasteiger partial charge in [-0.3, -0.25) is 4.55 Å². The molecule has 1 aromatic carbocycles. The molecular weight excluding hydrogens is 258 g/mol. The normalized spacial score (nSPS) is 13.1. The van der Waals surface area contributed by atoms with Crippen LogP contribution >= 0.6 is 0 Å². The molecule has 7 heteroatoms. The van der Waals surface area contributed by atoms with Crippen molar-refractivity contribution in [1.29, 1.82) is 0 Å². The van der Waals surface area contributed by atoms with Gasteiger partial charge in [-0.2, -0.15) is 8.42 Å². The van der Waals surface area contributed by atoms with Crippen molar-refractivity contribution in [2.45, 2.75) is 19.4 Å². The standard InChI is InChI=1S/C11H17NO5S/c1-8(12-2)6-9-4-5-10(11(7-9)16-3)17-18(13,14)15/h4-5,7-8,12H,6H2,1-3H3,(H,13,14,15)/t8-/m0/s1. The number of benzene rings is 1. The minimum atomic E-state index is -4.54. The molecule has 0 aliphatic rings. The van der Waals surface area contributed by atoms with Crippen LogP contribution in [0.3, 0.4) is 0 Å². The Kier molecular flexibility index (Phi) is 4.94. The van der Waals surface area contributed by atoms with Gasteiger partial charge in [0.25, 0.3) is 0 Å². The lowest BCUT2D eigenvalue weighted by atomic mass is 10.1. The maximum absolute atomic E-state index is 10.6. The molecule has 0 saturated heterocycles. The van der Waals surface area contributed by atoms with E-state index in [1.807, 2.05) is 14.0 Å². The Morgan fingerprint density at radius 2 is 2.06 bits per heavy atom. The Labute approximate surface area is 107 Å². The second-order valence-corrected chi connectivity index (χ2v) is 4.91. The zero-order chi connectivity index (χ0) is 13.8. The maximum atomic E-state index is 10.6. The lowest BCUT2D eigenvalue weighted by molar-refractivity contribution is 0.360. The van der Waals surface area contributed by atoms with Crippen LogP contribution in [0.15, 0.2) is 18.2 Å². The van der Waals surface area contributed by atoms with E-state index in [1.165, 1.54) is 13.2 Å². The van der Waals surface area contributed by atoms with Crippen molar-refractivity contribution in [3.05, 3.63) is 23.8 Å². The fourth-order valence-electron chi connectivity index (χ4n) is 1.48. The van der Waals surface area contributed by atoms with E-state index in [1.54, 1.807) is 12.1 Å². The molecule has 0 fully saturated rings. The van der Waals surface area contributed by atoms with Gasteiger partial charge >= 0.3 is 10.4 Å². The second kappa shape index (κ2) is 6.03. The summed E-state index contributed by atoms with van der Waals surface area (Å²) < 4.78 is 39.3. The molecule has 0 aliphatic carbocycles. The Balaban J connectivity index is 2.96. The number of hydrogen-bond donors (Lipinski definition) is 2. The molecule has 6 nitrogen and oxygen atoms in total. The van der Waals surface area contributed by atoms with Gasteiger partial charge in [0.1, 0.15) is 0 Å². The van der Waals surface area contributed by atoms with Crippen LogP contribution < -0.4 is 14.2 Å². The third-order valence-electron chi connectivity index (χ3n) is 2.46. The van der Waals surface area contributed by atoms with E-state index in [2.05, 4.69) is 9.50 Å².